The molecule has 0 aliphatic heterocycles. The molecule has 0 saturated carbocycles. The van der Waals surface area contributed by atoms with E-state index in [9.17, 15) is 19.2 Å². The van der Waals surface area contributed by atoms with Gasteiger partial charge in [-0.3, -0.25) is 19.2 Å². The fraction of sp³-hybridized carbons (Fsp3) is 0.290. The SMILES string of the molecule is CC(C)(C)CC(=O)Nc1ccc(C(=O)Nc2ccc(C(=O)Nc3ccc(C(=O)NCCNCCN)cc3)cc2)cc1. The molecule has 0 saturated heterocycles. The summed E-state index contributed by atoms with van der Waals surface area (Å²) in [7, 11) is 0. The largest absolute Gasteiger partial charge is 0.351 e. The molecule has 0 aliphatic rings. The van der Waals surface area contributed by atoms with Gasteiger partial charge in [0.05, 0.1) is 0 Å². The van der Waals surface area contributed by atoms with E-state index in [4.69, 9.17) is 5.73 Å². The first-order valence-electron chi connectivity index (χ1n) is 13.5. The second-order valence-electron chi connectivity index (χ2n) is 10.7. The third kappa shape index (κ3) is 10.5. The Morgan fingerprint density at radius 3 is 1.41 bits per heavy atom. The molecule has 0 fully saturated rings. The van der Waals surface area contributed by atoms with Crippen molar-refractivity contribution >= 4 is 40.7 Å². The zero-order valence-electron chi connectivity index (χ0n) is 23.7. The number of carbonyl (C=O) groups excluding carboxylic acids is 4. The van der Waals surface area contributed by atoms with Crippen LogP contribution in [-0.2, 0) is 4.79 Å². The molecule has 0 unspecified atom stereocenters. The van der Waals surface area contributed by atoms with Crippen LogP contribution in [-0.4, -0.2) is 49.8 Å². The van der Waals surface area contributed by atoms with Gasteiger partial charge >= 0.3 is 0 Å². The van der Waals surface area contributed by atoms with E-state index in [0.717, 1.165) is 0 Å². The van der Waals surface area contributed by atoms with E-state index >= 15 is 0 Å². The van der Waals surface area contributed by atoms with Crippen molar-refractivity contribution < 1.29 is 19.2 Å². The first-order valence-corrected chi connectivity index (χ1v) is 13.5. The Kier molecular flexibility index (Phi) is 11.1. The first-order chi connectivity index (χ1) is 19.5. The summed E-state index contributed by atoms with van der Waals surface area (Å²) in [5, 5.41) is 14.4. The van der Waals surface area contributed by atoms with Crippen LogP contribution in [0.4, 0.5) is 17.1 Å². The molecule has 10 heteroatoms. The van der Waals surface area contributed by atoms with Crippen LogP contribution in [0.1, 0.15) is 58.3 Å². The van der Waals surface area contributed by atoms with Gasteiger partial charge in [0, 0.05) is 66.4 Å². The lowest BCUT2D eigenvalue weighted by molar-refractivity contribution is -0.117. The lowest BCUT2D eigenvalue weighted by Crippen LogP contribution is -2.33. The number of carbonyl (C=O) groups is 4. The molecule has 0 aromatic heterocycles. The Balaban J connectivity index is 1.48. The van der Waals surface area contributed by atoms with Crippen LogP contribution in [0.2, 0.25) is 0 Å². The predicted molar refractivity (Wildman–Crippen MR) is 162 cm³/mol. The highest BCUT2D eigenvalue weighted by molar-refractivity contribution is 6.06. The topological polar surface area (TPSA) is 154 Å². The summed E-state index contributed by atoms with van der Waals surface area (Å²) in [6, 6.07) is 19.8. The van der Waals surface area contributed by atoms with Crippen molar-refractivity contribution in [2.24, 2.45) is 11.1 Å². The van der Waals surface area contributed by atoms with E-state index in [1.54, 1.807) is 72.8 Å². The molecule has 7 N–H and O–H groups in total. The molecule has 41 heavy (non-hydrogen) atoms. The Labute approximate surface area is 240 Å². The van der Waals surface area contributed by atoms with Gasteiger partial charge < -0.3 is 32.3 Å². The molecule has 3 rings (SSSR count). The minimum atomic E-state index is -0.324. The fourth-order valence-corrected chi connectivity index (χ4v) is 3.80. The van der Waals surface area contributed by atoms with Crippen molar-refractivity contribution in [3.63, 3.8) is 0 Å². The van der Waals surface area contributed by atoms with E-state index in [0.29, 0.717) is 66.4 Å². The lowest BCUT2D eigenvalue weighted by Gasteiger charge is -2.17. The summed E-state index contributed by atoms with van der Waals surface area (Å²) in [6.45, 7) is 8.33. The van der Waals surface area contributed by atoms with E-state index in [2.05, 4.69) is 26.6 Å². The lowest BCUT2D eigenvalue weighted by atomic mass is 9.92. The summed E-state index contributed by atoms with van der Waals surface area (Å²) in [4.78, 5) is 49.7. The van der Waals surface area contributed by atoms with Crippen LogP contribution < -0.4 is 32.3 Å². The average molecular weight is 559 g/mol. The molecule has 0 aliphatic carbocycles. The van der Waals surface area contributed by atoms with Crippen LogP contribution in [0.5, 0.6) is 0 Å². The maximum absolute atomic E-state index is 12.7. The summed E-state index contributed by atoms with van der Waals surface area (Å²) < 4.78 is 0. The second-order valence-corrected chi connectivity index (χ2v) is 10.7. The third-order valence-corrected chi connectivity index (χ3v) is 5.84. The predicted octanol–water partition coefficient (Wildman–Crippen LogP) is 3.84. The Morgan fingerprint density at radius 2 is 1.00 bits per heavy atom. The monoisotopic (exact) mass is 558 g/mol. The van der Waals surface area contributed by atoms with Crippen LogP contribution in [0.15, 0.2) is 72.8 Å². The molecule has 0 radical (unpaired) electrons. The standard InChI is InChI=1S/C31H38N6O4/c1-31(2,3)20-27(38)35-24-10-6-22(7-11-24)29(40)37-26-14-8-23(9-15-26)30(41)36-25-12-4-21(5-13-25)28(39)34-19-18-33-17-16-32/h4-15,33H,16-20,32H2,1-3H3,(H,34,39)(H,35,38)(H,36,41)(H,37,40). The van der Waals surface area contributed by atoms with Crippen LogP contribution >= 0.6 is 0 Å². The van der Waals surface area contributed by atoms with Crippen molar-refractivity contribution in [2.75, 3.05) is 42.1 Å². The molecule has 3 aromatic rings. The molecule has 0 bridgehead atoms. The number of nitrogens with one attached hydrogen (secondary N) is 5. The molecule has 3 aromatic carbocycles. The van der Waals surface area contributed by atoms with Crippen molar-refractivity contribution in [3.8, 4) is 0 Å². The maximum atomic E-state index is 12.7. The minimum Gasteiger partial charge on any atom is -0.351 e. The highest BCUT2D eigenvalue weighted by atomic mass is 16.2. The fourth-order valence-electron chi connectivity index (χ4n) is 3.80. The van der Waals surface area contributed by atoms with Crippen molar-refractivity contribution in [1.29, 1.82) is 0 Å². The van der Waals surface area contributed by atoms with E-state index in [1.165, 1.54) is 0 Å². The van der Waals surface area contributed by atoms with E-state index in [-0.39, 0.29) is 29.0 Å². The summed E-state index contributed by atoms with van der Waals surface area (Å²) >= 11 is 0. The molecular formula is C31H38N6O4. The Morgan fingerprint density at radius 1 is 0.585 bits per heavy atom. The zero-order valence-corrected chi connectivity index (χ0v) is 23.7. The molecule has 0 spiro atoms. The van der Waals surface area contributed by atoms with Gasteiger partial charge in [-0.1, -0.05) is 20.8 Å². The Bertz CT molecular complexity index is 1330. The Hall–Kier alpha value is -4.54. The molecule has 10 nitrogen and oxygen atoms in total. The van der Waals surface area contributed by atoms with Crippen molar-refractivity contribution in [2.45, 2.75) is 27.2 Å². The van der Waals surface area contributed by atoms with Gasteiger partial charge in [0.15, 0.2) is 0 Å². The molecule has 216 valence electrons. The summed E-state index contributed by atoms with van der Waals surface area (Å²) in [5.41, 5.74) is 8.32. The first kappa shape index (κ1) is 31.0. The van der Waals surface area contributed by atoms with Gasteiger partial charge in [-0.2, -0.15) is 0 Å². The van der Waals surface area contributed by atoms with Gasteiger partial charge in [-0.05, 0) is 78.2 Å². The maximum Gasteiger partial charge on any atom is 0.255 e. The molecular weight excluding hydrogens is 520 g/mol. The third-order valence-electron chi connectivity index (χ3n) is 5.84. The number of hydrogen-bond donors (Lipinski definition) is 6. The van der Waals surface area contributed by atoms with Crippen molar-refractivity contribution in [1.82, 2.24) is 10.6 Å². The highest BCUT2D eigenvalue weighted by Gasteiger charge is 2.16. The second kappa shape index (κ2) is 14.7. The van der Waals surface area contributed by atoms with Crippen LogP contribution in [0.25, 0.3) is 0 Å². The number of nitrogens with two attached hydrogens (primary N) is 1. The zero-order chi connectivity index (χ0) is 29.8. The number of amides is 4. The molecule has 0 atom stereocenters. The van der Waals surface area contributed by atoms with Crippen LogP contribution in [0, 0.1) is 5.41 Å². The minimum absolute atomic E-state index is 0.0819. The smallest absolute Gasteiger partial charge is 0.255 e. The van der Waals surface area contributed by atoms with Gasteiger partial charge in [-0.15, -0.1) is 0 Å². The average Bonchev–Trinajstić information content (AvgIpc) is 2.93. The van der Waals surface area contributed by atoms with Gasteiger partial charge in [0.25, 0.3) is 17.7 Å². The van der Waals surface area contributed by atoms with Crippen molar-refractivity contribution in [3.05, 3.63) is 89.5 Å². The summed E-state index contributed by atoms with van der Waals surface area (Å²) in [6.07, 6.45) is 0.392. The van der Waals surface area contributed by atoms with Crippen LogP contribution in [0.3, 0.4) is 0 Å². The van der Waals surface area contributed by atoms with Gasteiger partial charge in [0.2, 0.25) is 5.91 Å². The summed E-state index contributed by atoms with van der Waals surface area (Å²) in [5.74, 6) is -0.920. The highest BCUT2D eigenvalue weighted by Crippen LogP contribution is 2.20. The van der Waals surface area contributed by atoms with Gasteiger partial charge in [0.1, 0.15) is 0 Å². The number of rotatable bonds is 12. The molecule has 0 heterocycles. The number of benzene rings is 3. The normalized spacial score (nSPS) is 10.9. The number of anilines is 3. The van der Waals surface area contributed by atoms with Gasteiger partial charge in [-0.25, -0.2) is 0 Å². The quantitative estimate of drug-likeness (QED) is 0.186. The number of hydrogen-bond acceptors (Lipinski definition) is 6. The van der Waals surface area contributed by atoms with E-state index in [1.807, 2.05) is 20.8 Å². The van der Waals surface area contributed by atoms with E-state index < -0.39 is 0 Å². The molecule has 4 amide bonds.